The van der Waals surface area contributed by atoms with E-state index in [1.807, 2.05) is 24.3 Å². The average Bonchev–Trinajstić information content (AvgIpc) is 2.75. The number of halogens is 1. The summed E-state index contributed by atoms with van der Waals surface area (Å²) in [5, 5.41) is 12.1. The lowest BCUT2D eigenvalue weighted by Crippen LogP contribution is -2.24. The number of benzene rings is 1. The fraction of sp³-hybridized carbons (Fsp3) is 0.154. The maximum absolute atomic E-state index is 11.3. The van der Waals surface area contributed by atoms with Gasteiger partial charge in [-0.1, -0.05) is 15.9 Å². The zero-order valence-corrected chi connectivity index (χ0v) is 11.1. The van der Waals surface area contributed by atoms with Crippen LogP contribution in [-0.4, -0.2) is 24.2 Å². The van der Waals surface area contributed by atoms with Crippen molar-refractivity contribution in [3.05, 3.63) is 40.6 Å². The van der Waals surface area contributed by atoms with E-state index in [1.165, 1.54) is 6.08 Å². The molecule has 1 amide bonds. The van der Waals surface area contributed by atoms with E-state index >= 15 is 0 Å². The van der Waals surface area contributed by atoms with E-state index in [0.717, 1.165) is 15.4 Å². The highest BCUT2D eigenvalue weighted by Gasteiger charge is 2.02. The highest BCUT2D eigenvalue weighted by molar-refractivity contribution is 9.10. The second-order valence-corrected chi connectivity index (χ2v) is 4.59. The second-order valence-electron chi connectivity index (χ2n) is 3.68. The van der Waals surface area contributed by atoms with Gasteiger partial charge in [0.25, 0.3) is 0 Å². The molecule has 18 heavy (non-hydrogen) atoms. The molecule has 0 saturated carbocycles. The first-order valence-electron chi connectivity index (χ1n) is 5.45. The van der Waals surface area contributed by atoms with Gasteiger partial charge < -0.3 is 14.8 Å². The van der Waals surface area contributed by atoms with Crippen molar-refractivity contribution in [3.8, 4) is 0 Å². The van der Waals surface area contributed by atoms with Gasteiger partial charge in [0.15, 0.2) is 0 Å². The highest BCUT2D eigenvalue weighted by Crippen LogP contribution is 2.23. The van der Waals surface area contributed by atoms with Crippen LogP contribution in [0.25, 0.3) is 17.0 Å². The lowest BCUT2D eigenvalue weighted by Gasteiger charge is -1.95. The monoisotopic (exact) mass is 309 g/mol. The molecule has 94 valence electrons. The van der Waals surface area contributed by atoms with Crippen LogP contribution < -0.4 is 5.32 Å². The molecule has 0 fully saturated rings. The second kappa shape index (κ2) is 5.84. The predicted octanol–water partition coefficient (Wildman–Crippen LogP) is 2.32. The fourth-order valence-electron chi connectivity index (χ4n) is 1.51. The molecule has 4 nitrogen and oxygen atoms in total. The van der Waals surface area contributed by atoms with Gasteiger partial charge in [-0.15, -0.1) is 0 Å². The largest absolute Gasteiger partial charge is 0.457 e. The van der Waals surface area contributed by atoms with Gasteiger partial charge in [-0.25, -0.2) is 0 Å². The predicted molar refractivity (Wildman–Crippen MR) is 73.0 cm³/mol. The molecule has 1 aromatic carbocycles. The quantitative estimate of drug-likeness (QED) is 0.852. The van der Waals surface area contributed by atoms with E-state index in [1.54, 1.807) is 6.08 Å². The Morgan fingerprint density at radius 1 is 1.44 bits per heavy atom. The van der Waals surface area contributed by atoms with Gasteiger partial charge in [-0.3, -0.25) is 4.79 Å². The van der Waals surface area contributed by atoms with Crippen molar-refractivity contribution in [1.82, 2.24) is 5.32 Å². The van der Waals surface area contributed by atoms with Crippen LogP contribution in [0.5, 0.6) is 0 Å². The lowest BCUT2D eigenvalue weighted by atomic mass is 10.2. The maximum atomic E-state index is 11.3. The number of amides is 1. The molecule has 0 spiro atoms. The molecule has 0 bridgehead atoms. The van der Waals surface area contributed by atoms with Crippen molar-refractivity contribution < 1.29 is 14.3 Å². The summed E-state index contributed by atoms with van der Waals surface area (Å²) in [5.74, 6) is 0.355. The minimum atomic E-state index is -0.259. The molecule has 2 N–H and O–H groups in total. The number of carbonyl (C=O) groups excluding carboxylic acids is 1. The normalized spacial score (nSPS) is 11.2. The molecule has 0 radical (unpaired) electrons. The molecule has 2 aromatic rings. The van der Waals surface area contributed by atoms with E-state index in [9.17, 15) is 4.79 Å². The Labute approximate surface area is 112 Å². The van der Waals surface area contributed by atoms with Crippen LogP contribution in [0, 0.1) is 0 Å². The number of aliphatic hydroxyl groups excluding tert-OH is 1. The summed E-state index contributed by atoms with van der Waals surface area (Å²) in [6.07, 6.45) is 2.98. The number of carbonyl (C=O) groups is 1. The third-order valence-electron chi connectivity index (χ3n) is 2.31. The molecule has 0 aliphatic rings. The number of aliphatic hydroxyl groups is 1. The number of fused-ring (bicyclic) bond motifs is 1. The van der Waals surface area contributed by atoms with E-state index in [-0.39, 0.29) is 19.1 Å². The Morgan fingerprint density at radius 2 is 2.28 bits per heavy atom. The number of hydrogen-bond acceptors (Lipinski definition) is 3. The molecule has 1 aromatic heterocycles. The summed E-state index contributed by atoms with van der Waals surface area (Å²) in [4.78, 5) is 11.3. The van der Waals surface area contributed by atoms with Crippen molar-refractivity contribution in [2.45, 2.75) is 0 Å². The first kappa shape index (κ1) is 12.9. The minimum Gasteiger partial charge on any atom is -0.457 e. The summed E-state index contributed by atoms with van der Waals surface area (Å²) in [7, 11) is 0. The lowest BCUT2D eigenvalue weighted by molar-refractivity contribution is -0.116. The van der Waals surface area contributed by atoms with E-state index < -0.39 is 0 Å². The maximum Gasteiger partial charge on any atom is 0.244 e. The van der Waals surface area contributed by atoms with Crippen LogP contribution in [0.3, 0.4) is 0 Å². The van der Waals surface area contributed by atoms with E-state index in [2.05, 4.69) is 21.2 Å². The van der Waals surface area contributed by atoms with Gasteiger partial charge in [-0.05, 0) is 30.3 Å². The Hall–Kier alpha value is -1.59. The first-order chi connectivity index (χ1) is 8.69. The van der Waals surface area contributed by atoms with Gasteiger partial charge >= 0.3 is 0 Å². The zero-order valence-electron chi connectivity index (χ0n) is 9.52. The Balaban J connectivity index is 2.12. The molecule has 2 rings (SSSR count). The summed E-state index contributed by atoms with van der Waals surface area (Å²) in [6, 6.07) is 7.56. The summed E-state index contributed by atoms with van der Waals surface area (Å²) in [5.41, 5.74) is 0.772. The zero-order chi connectivity index (χ0) is 13.0. The van der Waals surface area contributed by atoms with Crippen LogP contribution in [0.1, 0.15) is 5.76 Å². The Bertz CT molecular complexity index is 589. The molecule has 1 heterocycles. The van der Waals surface area contributed by atoms with Gasteiger partial charge in [-0.2, -0.15) is 0 Å². The van der Waals surface area contributed by atoms with Gasteiger partial charge in [0.1, 0.15) is 11.3 Å². The highest BCUT2D eigenvalue weighted by atomic mass is 79.9. The van der Waals surface area contributed by atoms with Crippen LogP contribution >= 0.6 is 15.9 Å². The van der Waals surface area contributed by atoms with Crippen molar-refractivity contribution in [2.24, 2.45) is 0 Å². The molecular weight excluding hydrogens is 298 g/mol. The minimum absolute atomic E-state index is 0.0712. The number of rotatable bonds is 4. The number of furan rings is 1. The van der Waals surface area contributed by atoms with Crippen LogP contribution in [0.2, 0.25) is 0 Å². The molecule has 5 heteroatoms. The smallest absolute Gasteiger partial charge is 0.244 e. The van der Waals surface area contributed by atoms with Crippen molar-refractivity contribution in [2.75, 3.05) is 13.2 Å². The van der Waals surface area contributed by atoms with Gasteiger partial charge in [0.2, 0.25) is 5.91 Å². The number of nitrogens with one attached hydrogen (secondary N) is 1. The van der Waals surface area contributed by atoms with Crippen LogP contribution in [0.15, 0.2) is 39.2 Å². The van der Waals surface area contributed by atoms with Crippen molar-refractivity contribution >= 4 is 38.9 Å². The molecule has 0 aliphatic carbocycles. The molecule has 0 saturated heterocycles. The third kappa shape index (κ3) is 3.21. The molecule has 0 unspecified atom stereocenters. The van der Waals surface area contributed by atoms with Crippen molar-refractivity contribution in [1.29, 1.82) is 0 Å². The van der Waals surface area contributed by atoms with E-state index in [4.69, 9.17) is 9.52 Å². The average molecular weight is 310 g/mol. The SMILES string of the molecule is O=C(C=Cc1cc2cc(Br)ccc2o1)NCCO. The summed E-state index contributed by atoms with van der Waals surface area (Å²) in [6.45, 7) is 0.175. The number of hydrogen-bond donors (Lipinski definition) is 2. The molecular formula is C13H12BrNO3. The Morgan fingerprint density at radius 3 is 3.06 bits per heavy atom. The van der Waals surface area contributed by atoms with Crippen LogP contribution in [0.4, 0.5) is 0 Å². The molecule has 0 atom stereocenters. The first-order valence-corrected chi connectivity index (χ1v) is 6.24. The fourth-order valence-corrected chi connectivity index (χ4v) is 1.89. The topological polar surface area (TPSA) is 62.5 Å². The summed E-state index contributed by atoms with van der Waals surface area (Å²) < 4.78 is 6.52. The Kier molecular flexibility index (Phi) is 4.17. The van der Waals surface area contributed by atoms with Gasteiger partial charge in [0.05, 0.1) is 6.61 Å². The summed E-state index contributed by atoms with van der Waals surface area (Å²) >= 11 is 3.38. The van der Waals surface area contributed by atoms with Crippen LogP contribution in [-0.2, 0) is 4.79 Å². The molecule has 0 aliphatic heterocycles. The standard InChI is InChI=1S/C13H12BrNO3/c14-10-1-3-12-9(7-10)8-11(18-12)2-4-13(17)15-5-6-16/h1-4,7-8,16H,5-6H2,(H,15,17). The van der Waals surface area contributed by atoms with E-state index in [0.29, 0.717) is 5.76 Å². The van der Waals surface area contributed by atoms with Gasteiger partial charge in [0, 0.05) is 22.5 Å². The van der Waals surface area contributed by atoms with Crippen molar-refractivity contribution in [3.63, 3.8) is 0 Å². The third-order valence-corrected chi connectivity index (χ3v) is 2.80.